The highest BCUT2D eigenvalue weighted by Crippen LogP contribution is 2.39. The maximum atomic E-state index is 14.6. The van der Waals surface area contributed by atoms with Crippen LogP contribution in [0.3, 0.4) is 0 Å². The van der Waals surface area contributed by atoms with Crippen molar-refractivity contribution < 1.29 is 18.4 Å². The number of ether oxygens (including phenoxy) is 1. The van der Waals surface area contributed by atoms with Gasteiger partial charge in [0.05, 0.1) is 30.6 Å². The first-order valence-electron chi connectivity index (χ1n) is 9.11. The van der Waals surface area contributed by atoms with Gasteiger partial charge in [0.2, 0.25) is 0 Å². The monoisotopic (exact) mass is 371 g/mol. The number of rotatable bonds is 4. The van der Waals surface area contributed by atoms with E-state index in [-0.39, 0.29) is 0 Å². The van der Waals surface area contributed by atoms with Crippen LogP contribution in [0.5, 0.6) is 5.75 Å². The Morgan fingerprint density at radius 3 is 2.74 bits per heavy atom. The number of nitrogens with zero attached hydrogens (tertiary/aromatic N) is 3. The number of fused-ring (bicyclic) bond motifs is 1. The molecule has 4 rings (SSSR count). The summed E-state index contributed by atoms with van der Waals surface area (Å²) in [5.74, 6) is 0.949. The zero-order chi connectivity index (χ0) is 19.2. The zero-order valence-electron chi connectivity index (χ0n) is 16.0. The first kappa shape index (κ1) is 18.2. The molecular weight excluding hydrogens is 348 g/mol. The highest BCUT2D eigenvalue weighted by Gasteiger charge is 2.53. The van der Waals surface area contributed by atoms with Crippen LogP contribution in [0.25, 0.3) is 6.08 Å². The molecule has 0 aliphatic carbocycles. The third-order valence-electron chi connectivity index (χ3n) is 5.42. The summed E-state index contributed by atoms with van der Waals surface area (Å²) in [4.78, 5) is 0. The van der Waals surface area contributed by atoms with Crippen molar-refractivity contribution in [3.05, 3.63) is 46.9 Å². The fraction of sp³-hybridized carbons (Fsp3) is 0.474. The van der Waals surface area contributed by atoms with Crippen LogP contribution in [-0.4, -0.2) is 39.9 Å². The first-order chi connectivity index (χ1) is 12.7. The minimum Gasteiger partial charge on any atom is -0.493 e. The molecule has 2 aliphatic heterocycles. The molecule has 0 saturated carbocycles. The van der Waals surface area contributed by atoms with Crippen LogP contribution in [0.1, 0.15) is 44.5 Å². The SMILES string of the molecule is CC1(C)OB(C(F)=Cc2cn(Cc3ccc4c(c3)CCO4)nn2)OC1(C)C. The Hall–Kier alpha value is -2.19. The van der Waals surface area contributed by atoms with Crippen LogP contribution in [-0.2, 0) is 22.3 Å². The smallest absolute Gasteiger partial charge is 0.493 e. The highest BCUT2D eigenvalue weighted by atomic mass is 19.1. The quantitative estimate of drug-likeness (QED) is 0.773. The minimum atomic E-state index is -1.03. The fourth-order valence-electron chi connectivity index (χ4n) is 3.15. The van der Waals surface area contributed by atoms with E-state index in [4.69, 9.17) is 14.0 Å². The van der Waals surface area contributed by atoms with Gasteiger partial charge in [0.25, 0.3) is 0 Å². The zero-order valence-corrected chi connectivity index (χ0v) is 16.0. The van der Waals surface area contributed by atoms with Crippen molar-refractivity contribution in [2.24, 2.45) is 0 Å². The summed E-state index contributed by atoms with van der Waals surface area (Å²) >= 11 is 0. The Balaban J connectivity index is 1.46. The Kier molecular flexibility index (Phi) is 4.35. The number of halogens is 1. The van der Waals surface area contributed by atoms with Gasteiger partial charge in [0.1, 0.15) is 17.2 Å². The third kappa shape index (κ3) is 3.51. The lowest BCUT2D eigenvalue weighted by Gasteiger charge is -2.32. The van der Waals surface area contributed by atoms with E-state index in [0.29, 0.717) is 12.2 Å². The van der Waals surface area contributed by atoms with E-state index in [1.165, 1.54) is 11.6 Å². The van der Waals surface area contributed by atoms with Gasteiger partial charge < -0.3 is 14.0 Å². The average molecular weight is 371 g/mol. The van der Waals surface area contributed by atoms with Crippen molar-refractivity contribution in [3.8, 4) is 5.75 Å². The molecule has 0 spiro atoms. The normalized spacial score (nSPS) is 20.6. The topological polar surface area (TPSA) is 58.4 Å². The van der Waals surface area contributed by atoms with Gasteiger partial charge in [-0.05, 0) is 51.0 Å². The molecule has 1 aromatic carbocycles. The van der Waals surface area contributed by atoms with E-state index in [2.05, 4.69) is 16.4 Å². The highest BCUT2D eigenvalue weighted by molar-refractivity contribution is 6.54. The fourth-order valence-corrected chi connectivity index (χ4v) is 3.15. The predicted octanol–water partition coefficient (Wildman–Crippen LogP) is 3.20. The molecule has 1 aromatic heterocycles. The molecule has 27 heavy (non-hydrogen) atoms. The number of hydrogen-bond donors (Lipinski definition) is 0. The van der Waals surface area contributed by atoms with Crippen LogP contribution in [0, 0.1) is 0 Å². The van der Waals surface area contributed by atoms with Crippen LogP contribution >= 0.6 is 0 Å². The van der Waals surface area contributed by atoms with Gasteiger partial charge in [-0.25, -0.2) is 9.07 Å². The van der Waals surface area contributed by atoms with Gasteiger partial charge in [-0.1, -0.05) is 17.3 Å². The molecule has 0 bridgehead atoms. The molecule has 1 fully saturated rings. The van der Waals surface area contributed by atoms with E-state index in [1.54, 1.807) is 10.9 Å². The van der Waals surface area contributed by atoms with Crippen molar-refractivity contribution in [3.63, 3.8) is 0 Å². The summed E-state index contributed by atoms with van der Waals surface area (Å²) in [6, 6.07) is 6.10. The number of aromatic nitrogens is 3. The lowest BCUT2D eigenvalue weighted by molar-refractivity contribution is 0.00578. The summed E-state index contributed by atoms with van der Waals surface area (Å²) < 4.78 is 33.2. The maximum Gasteiger partial charge on any atom is 0.525 e. The first-order valence-corrected chi connectivity index (χ1v) is 9.11. The molecule has 2 aromatic rings. The molecule has 2 aliphatic rings. The van der Waals surface area contributed by atoms with Crippen LogP contribution < -0.4 is 4.74 Å². The van der Waals surface area contributed by atoms with Gasteiger partial charge in [0.15, 0.2) is 0 Å². The maximum absolute atomic E-state index is 14.6. The predicted molar refractivity (Wildman–Crippen MR) is 99.9 cm³/mol. The van der Waals surface area contributed by atoms with Gasteiger partial charge in [-0.15, -0.1) is 5.10 Å². The third-order valence-corrected chi connectivity index (χ3v) is 5.42. The average Bonchev–Trinajstić information content (AvgIpc) is 3.26. The Bertz CT molecular complexity index is 878. The molecular formula is C19H23BFN3O3. The standard InChI is InChI=1S/C19H23BFN3O3/c1-18(2)19(3,4)27-20(26-18)17(21)10-15-12-24(23-22-15)11-13-5-6-16-14(9-13)7-8-25-16/h5-6,9-10,12H,7-8,11H2,1-4H3. The molecule has 8 heteroatoms. The van der Waals surface area contributed by atoms with Crippen molar-refractivity contribution in [1.82, 2.24) is 15.0 Å². The van der Waals surface area contributed by atoms with Gasteiger partial charge in [-0.3, -0.25) is 0 Å². The van der Waals surface area contributed by atoms with E-state index in [9.17, 15) is 4.39 Å². The largest absolute Gasteiger partial charge is 0.525 e. The van der Waals surface area contributed by atoms with Gasteiger partial charge in [0, 0.05) is 6.42 Å². The van der Waals surface area contributed by atoms with Crippen LogP contribution in [0.4, 0.5) is 4.39 Å². The molecule has 3 heterocycles. The molecule has 0 amide bonds. The van der Waals surface area contributed by atoms with Crippen molar-refractivity contribution in [2.45, 2.75) is 51.9 Å². The second-order valence-corrected chi connectivity index (χ2v) is 8.00. The Morgan fingerprint density at radius 1 is 1.26 bits per heavy atom. The van der Waals surface area contributed by atoms with Crippen molar-refractivity contribution in [1.29, 1.82) is 0 Å². The molecule has 1 saturated heterocycles. The lowest BCUT2D eigenvalue weighted by Crippen LogP contribution is -2.41. The second kappa shape index (κ2) is 6.46. The Labute approximate surface area is 158 Å². The van der Waals surface area contributed by atoms with E-state index in [1.807, 2.05) is 39.8 Å². The summed E-state index contributed by atoms with van der Waals surface area (Å²) in [6.07, 6.45) is 3.94. The van der Waals surface area contributed by atoms with Crippen LogP contribution in [0.15, 0.2) is 30.1 Å². The molecule has 142 valence electrons. The number of hydrogen-bond acceptors (Lipinski definition) is 5. The molecule has 0 atom stereocenters. The van der Waals surface area contributed by atoms with Crippen molar-refractivity contribution in [2.75, 3.05) is 6.61 Å². The summed E-state index contributed by atoms with van der Waals surface area (Å²) in [6.45, 7) is 8.84. The molecule has 0 unspecified atom stereocenters. The minimum absolute atomic E-state index is 0.423. The van der Waals surface area contributed by atoms with Crippen LogP contribution in [0.2, 0.25) is 0 Å². The molecule has 0 N–H and O–H groups in total. The molecule has 6 nitrogen and oxygen atoms in total. The number of benzene rings is 1. The van der Waals surface area contributed by atoms with Gasteiger partial charge >= 0.3 is 7.12 Å². The summed E-state index contributed by atoms with van der Waals surface area (Å²) in [5.41, 5.74) is 1.04. The van der Waals surface area contributed by atoms with Crippen molar-refractivity contribution >= 4 is 13.2 Å². The van der Waals surface area contributed by atoms with E-state index in [0.717, 1.165) is 24.3 Å². The van der Waals surface area contributed by atoms with E-state index < -0.39 is 24.0 Å². The lowest BCUT2D eigenvalue weighted by atomic mass is 9.87. The summed E-state index contributed by atoms with van der Waals surface area (Å²) in [7, 11) is -1.03. The second-order valence-electron chi connectivity index (χ2n) is 8.00. The Morgan fingerprint density at radius 2 is 2.00 bits per heavy atom. The van der Waals surface area contributed by atoms with E-state index >= 15 is 0 Å². The molecule has 0 radical (unpaired) electrons. The van der Waals surface area contributed by atoms with Gasteiger partial charge in [-0.2, -0.15) is 0 Å². The summed E-state index contributed by atoms with van der Waals surface area (Å²) in [5, 5.41) is 8.11.